The highest BCUT2D eigenvalue weighted by Crippen LogP contribution is 2.13. The highest BCUT2D eigenvalue weighted by atomic mass is 16.5. The zero-order chi connectivity index (χ0) is 15.9. The molecular formula is C17H25N3O2. The van der Waals surface area contributed by atoms with E-state index in [0.717, 1.165) is 24.9 Å². The molecule has 0 aromatic carbocycles. The molecule has 1 aromatic rings. The third-order valence-corrected chi connectivity index (χ3v) is 3.76. The van der Waals surface area contributed by atoms with Crippen LogP contribution in [0.1, 0.15) is 39.2 Å². The predicted octanol–water partition coefficient (Wildman–Crippen LogP) is 3.12. The zero-order valence-electron chi connectivity index (χ0n) is 13.6. The van der Waals surface area contributed by atoms with Crippen molar-refractivity contribution in [1.29, 1.82) is 0 Å². The Morgan fingerprint density at radius 3 is 3.09 bits per heavy atom. The van der Waals surface area contributed by atoms with E-state index in [1.54, 1.807) is 6.20 Å². The molecule has 0 radical (unpaired) electrons. The van der Waals surface area contributed by atoms with Gasteiger partial charge >= 0.3 is 6.03 Å². The summed E-state index contributed by atoms with van der Waals surface area (Å²) in [5.74, 6) is 0.609. The van der Waals surface area contributed by atoms with Gasteiger partial charge in [0.2, 0.25) is 5.88 Å². The second-order valence-electron chi connectivity index (χ2n) is 5.76. The summed E-state index contributed by atoms with van der Waals surface area (Å²) in [6, 6.07) is 3.76. The van der Waals surface area contributed by atoms with Crippen LogP contribution in [0.25, 0.3) is 0 Å². The molecule has 5 nitrogen and oxygen atoms in total. The molecule has 0 aliphatic carbocycles. The van der Waals surface area contributed by atoms with Crippen molar-refractivity contribution >= 4 is 6.03 Å². The summed E-state index contributed by atoms with van der Waals surface area (Å²) < 4.78 is 5.70. The second-order valence-corrected chi connectivity index (χ2v) is 5.76. The second kappa shape index (κ2) is 7.82. The Hall–Kier alpha value is -2.04. The van der Waals surface area contributed by atoms with Gasteiger partial charge in [0.05, 0.1) is 6.10 Å². The summed E-state index contributed by atoms with van der Waals surface area (Å²) in [5.41, 5.74) is 2.24. The van der Waals surface area contributed by atoms with E-state index in [9.17, 15) is 4.79 Å². The minimum Gasteiger partial charge on any atom is -0.475 e. The summed E-state index contributed by atoms with van der Waals surface area (Å²) in [4.78, 5) is 18.2. The lowest BCUT2D eigenvalue weighted by molar-refractivity contribution is 0.200. The maximum atomic E-state index is 12.2. The van der Waals surface area contributed by atoms with Crippen molar-refractivity contribution in [2.24, 2.45) is 0 Å². The number of rotatable bonds is 5. The van der Waals surface area contributed by atoms with Gasteiger partial charge in [0, 0.05) is 31.9 Å². The van der Waals surface area contributed by atoms with Crippen LogP contribution in [0.15, 0.2) is 30.0 Å². The minimum absolute atomic E-state index is 0.0198. The molecule has 22 heavy (non-hydrogen) atoms. The Balaban J connectivity index is 1.87. The number of ether oxygens (including phenoxy) is 1. The molecule has 1 aliphatic heterocycles. The van der Waals surface area contributed by atoms with Crippen LogP contribution >= 0.6 is 0 Å². The van der Waals surface area contributed by atoms with Crippen LogP contribution in [-0.2, 0) is 6.54 Å². The van der Waals surface area contributed by atoms with E-state index in [4.69, 9.17) is 4.74 Å². The monoisotopic (exact) mass is 303 g/mol. The number of nitrogens with zero attached hydrogens (tertiary/aromatic N) is 2. The van der Waals surface area contributed by atoms with Gasteiger partial charge in [0.25, 0.3) is 0 Å². The first-order chi connectivity index (χ1) is 10.6. The fourth-order valence-electron chi connectivity index (χ4n) is 2.29. The molecule has 1 aliphatic rings. The van der Waals surface area contributed by atoms with Crippen molar-refractivity contribution in [2.75, 3.05) is 13.1 Å². The SMILES string of the molecule is CCC(C)Oc1cc(CNC(=O)N2CCC=C(C)C2)ccn1. The van der Waals surface area contributed by atoms with Crippen molar-refractivity contribution < 1.29 is 9.53 Å². The van der Waals surface area contributed by atoms with Gasteiger partial charge in [-0.2, -0.15) is 0 Å². The van der Waals surface area contributed by atoms with Crippen LogP contribution in [0, 0.1) is 0 Å². The Bertz CT molecular complexity index is 542. The Kier molecular flexibility index (Phi) is 5.81. The number of hydrogen-bond acceptors (Lipinski definition) is 3. The van der Waals surface area contributed by atoms with E-state index in [1.807, 2.05) is 24.0 Å². The van der Waals surface area contributed by atoms with E-state index in [2.05, 4.69) is 30.2 Å². The number of pyridine rings is 1. The Labute approximate surface area is 132 Å². The third kappa shape index (κ3) is 4.76. The van der Waals surface area contributed by atoms with Gasteiger partial charge in [-0.05, 0) is 38.3 Å². The zero-order valence-corrected chi connectivity index (χ0v) is 13.6. The number of nitrogens with one attached hydrogen (secondary N) is 1. The van der Waals surface area contributed by atoms with Gasteiger partial charge in [-0.3, -0.25) is 0 Å². The first-order valence-corrected chi connectivity index (χ1v) is 7.88. The lowest BCUT2D eigenvalue weighted by Crippen LogP contribution is -2.42. The highest BCUT2D eigenvalue weighted by Gasteiger charge is 2.15. The van der Waals surface area contributed by atoms with E-state index in [0.29, 0.717) is 19.0 Å². The van der Waals surface area contributed by atoms with Crippen molar-refractivity contribution in [1.82, 2.24) is 15.2 Å². The number of aromatic nitrogens is 1. The predicted molar refractivity (Wildman–Crippen MR) is 86.8 cm³/mol. The van der Waals surface area contributed by atoms with Crippen LogP contribution in [-0.4, -0.2) is 35.1 Å². The Morgan fingerprint density at radius 1 is 1.55 bits per heavy atom. The van der Waals surface area contributed by atoms with Gasteiger partial charge in [0.1, 0.15) is 0 Å². The molecule has 0 bridgehead atoms. The molecular weight excluding hydrogens is 278 g/mol. The van der Waals surface area contributed by atoms with Crippen LogP contribution in [0.3, 0.4) is 0 Å². The van der Waals surface area contributed by atoms with Gasteiger partial charge in [-0.25, -0.2) is 9.78 Å². The van der Waals surface area contributed by atoms with E-state index >= 15 is 0 Å². The number of urea groups is 1. The fourth-order valence-corrected chi connectivity index (χ4v) is 2.29. The maximum absolute atomic E-state index is 12.2. The molecule has 2 rings (SSSR count). The molecule has 2 heterocycles. The van der Waals surface area contributed by atoms with Gasteiger partial charge < -0.3 is 15.0 Å². The molecule has 1 aromatic heterocycles. The van der Waals surface area contributed by atoms with Gasteiger partial charge in [-0.15, -0.1) is 0 Å². The highest BCUT2D eigenvalue weighted by molar-refractivity contribution is 5.74. The molecule has 0 spiro atoms. The van der Waals surface area contributed by atoms with Gasteiger partial charge in [-0.1, -0.05) is 18.6 Å². The van der Waals surface area contributed by atoms with Crippen LogP contribution < -0.4 is 10.1 Å². The molecule has 120 valence electrons. The molecule has 2 amide bonds. The topological polar surface area (TPSA) is 54.5 Å². The fraction of sp³-hybridized carbons (Fsp3) is 0.529. The number of carbonyl (C=O) groups excluding carboxylic acids is 1. The average molecular weight is 303 g/mol. The van der Waals surface area contributed by atoms with Crippen molar-refractivity contribution in [3.63, 3.8) is 0 Å². The normalized spacial score (nSPS) is 16.0. The third-order valence-electron chi connectivity index (χ3n) is 3.76. The molecule has 5 heteroatoms. The van der Waals surface area contributed by atoms with Crippen molar-refractivity contribution in [2.45, 2.75) is 46.3 Å². The lowest BCUT2D eigenvalue weighted by atomic mass is 10.1. The van der Waals surface area contributed by atoms with Crippen LogP contribution in [0.2, 0.25) is 0 Å². The number of amides is 2. The molecule has 0 saturated heterocycles. The average Bonchev–Trinajstić information content (AvgIpc) is 2.53. The van der Waals surface area contributed by atoms with Gasteiger partial charge in [0.15, 0.2) is 0 Å². The van der Waals surface area contributed by atoms with Crippen molar-refractivity contribution in [3.05, 3.63) is 35.5 Å². The largest absolute Gasteiger partial charge is 0.475 e. The molecule has 0 saturated carbocycles. The lowest BCUT2D eigenvalue weighted by Gasteiger charge is -2.26. The molecule has 0 fully saturated rings. The minimum atomic E-state index is -0.0198. The summed E-state index contributed by atoms with van der Waals surface area (Å²) in [6.07, 6.45) is 5.91. The maximum Gasteiger partial charge on any atom is 0.317 e. The van der Waals surface area contributed by atoms with Crippen molar-refractivity contribution in [3.8, 4) is 5.88 Å². The Morgan fingerprint density at radius 2 is 2.36 bits per heavy atom. The van der Waals surface area contributed by atoms with E-state index in [-0.39, 0.29) is 12.1 Å². The number of carbonyl (C=O) groups is 1. The van der Waals surface area contributed by atoms with E-state index < -0.39 is 0 Å². The summed E-state index contributed by atoms with van der Waals surface area (Å²) >= 11 is 0. The smallest absolute Gasteiger partial charge is 0.317 e. The number of hydrogen-bond donors (Lipinski definition) is 1. The summed E-state index contributed by atoms with van der Waals surface area (Å²) in [7, 11) is 0. The standard InChI is InChI=1S/C17H25N3O2/c1-4-14(3)22-16-10-15(7-8-18-16)11-19-17(21)20-9-5-6-13(2)12-20/h6-8,10,14H,4-5,9,11-12H2,1-3H3,(H,19,21). The summed E-state index contributed by atoms with van der Waals surface area (Å²) in [5, 5.41) is 2.96. The molecule has 1 unspecified atom stereocenters. The first kappa shape index (κ1) is 16.3. The van der Waals surface area contributed by atoms with E-state index in [1.165, 1.54) is 5.57 Å². The summed E-state index contributed by atoms with van der Waals surface area (Å²) in [6.45, 7) is 8.12. The first-order valence-electron chi connectivity index (χ1n) is 7.88. The quantitative estimate of drug-likeness (QED) is 0.850. The van der Waals surface area contributed by atoms with Crippen LogP contribution in [0.5, 0.6) is 5.88 Å². The molecule has 1 atom stereocenters. The molecule has 1 N–H and O–H groups in total. The van der Waals surface area contributed by atoms with Crippen LogP contribution in [0.4, 0.5) is 4.79 Å².